The number of amides is 1. The number of aryl methyl sites for hydroxylation is 1. The SMILES string of the molecule is Cc1sc(CNC2CCN(C(=O)C3CC3)CC2)cc1Br. The number of nitrogens with zero attached hydrogens (tertiary/aromatic N) is 1. The van der Waals surface area contributed by atoms with Gasteiger partial charge in [-0.2, -0.15) is 0 Å². The van der Waals surface area contributed by atoms with E-state index in [0.717, 1.165) is 45.3 Å². The number of halogens is 1. The molecule has 2 aliphatic rings. The highest BCUT2D eigenvalue weighted by Crippen LogP contribution is 2.32. The van der Waals surface area contributed by atoms with Crippen molar-refractivity contribution in [3.05, 3.63) is 20.3 Å². The lowest BCUT2D eigenvalue weighted by Gasteiger charge is -2.32. The Morgan fingerprint density at radius 3 is 2.65 bits per heavy atom. The number of carbonyl (C=O) groups excluding carboxylic acids is 1. The summed E-state index contributed by atoms with van der Waals surface area (Å²) < 4.78 is 1.21. The van der Waals surface area contributed by atoms with Gasteiger partial charge in [-0.3, -0.25) is 4.79 Å². The highest BCUT2D eigenvalue weighted by Gasteiger charge is 2.34. The van der Waals surface area contributed by atoms with Crippen molar-refractivity contribution in [2.75, 3.05) is 13.1 Å². The van der Waals surface area contributed by atoms with Crippen LogP contribution in [0.3, 0.4) is 0 Å². The summed E-state index contributed by atoms with van der Waals surface area (Å²) in [6.07, 6.45) is 4.40. The van der Waals surface area contributed by atoms with Crippen LogP contribution in [0.5, 0.6) is 0 Å². The third-order valence-electron chi connectivity index (χ3n) is 4.21. The molecule has 5 heteroatoms. The van der Waals surface area contributed by atoms with E-state index < -0.39 is 0 Å². The van der Waals surface area contributed by atoms with E-state index in [1.54, 1.807) is 0 Å². The summed E-state index contributed by atoms with van der Waals surface area (Å²) in [4.78, 5) is 16.8. The topological polar surface area (TPSA) is 32.3 Å². The smallest absolute Gasteiger partial charge is 0.225 e. The molecule has 1 aromatic rings. The predicted octanol–water partition coefficient (Wildman–Crippen LogP) is 3.31. The molecule has 0 aromatic carbocycles. The van der Waals surface area contributed by atoms with Gasteiger partial charge < -0.3 is 10.2 Å². The fourth-order valence-corrected chi connectivity index (χ4v) is 4.30. The van der Waals surface area contributed by atoms with Crippen molar-refractivity contribution in [1.29, 1.82) is 0 Å². The third kappa shape index (κ3) is 3.43. The van der Waals surface area contributed by atoms with Crippen molar-refractivity contribution in [2.45, 2.75) is 45.2 Å². The van der Waals surface area contributed by atoms with Crippen LogP contribution in [0.25, 0.3) is 0 Å². The zero-order chi connectivity index (χ0) is 14.1. The van der Waals surface area contributed by atoms with Crippen LogP contribution in [-0.4, -0.2) is 29.9 Å². The number of rotatable bonds is 4. The van der Waals surface area contributed by atoms with Gasteiger partial charge in [0, 0.05) is 45.8 Å². The second-order valence-corrected chi connectivity index (χ2v) is 8.07. The van der Waals surface area contributed by atoms with Crippen LogP contribution >= 0.6 is 27.3 Å². The van der Waals surface area contributed by atoms with Crippen molar-refractivity contribution in [1.82, 2.24) is 10.2 Å². The summed E-state index contributed by atoms with van der Waals surface area (Å²) in [6.45, 7) is 4.94. The molecule has 20 heavy (non-hydrogen) atoms. The van der Waals surface area contributed by atoms with Crippen LogP contribution in [0.4, 0.5) is 0 Å². The first kappa shape index (κ1) is 14.5. The van der Waals surface area contributed by atoms with Gasteiger partial charge in [0.2, 0.25) is 5.91 Å². The molecule has 0 bridgehead atoms. The fourth-order valence-electron chi connectivity index (χ4n) is 2.74. The molecule has 1 saturated heterocycles. The summed E-state index contributed by atoms with van der Waals surface area (Å²) in [5.74, 6) is 0.771. The van der Waals surface area contributed by atoms with Crippen molar-refractivity contribution in [3.8, 4) is 0 Å². The first-order valence-electron chi connectivity index (χ1n) is 7.40. The van der Waals surface area contributed by atoms with Gasteiger partial charge in [0.05, 0.1) is 0 Å². The Labute approximate surface area is 132 Å². The molecule has 1 saturated carbocycles. The molecule has 0 atom stereocenters. The summed E-state index contributed by atoms with van der Waals surface area (Å²) >= 11 is 5.41. The van der Waals surface area contributed by atoms with Crippen molar-refractivity contribution in [3.63, 3.8) is 0 Å². The van der Waals surface area contributed by atoms with Crippen LogP contribution in [0.2, 0.25) is 0 Å². The van der Waals surface area contributed by atoms with Gasteiger partial charge in [0.1, 0.15) is 0 Å². The first-order chi connectivity index (χ1) is 9.63. The van der Waals surface area contributed by atoms with Gasteiger partial charge in [-0.1, -0.05) is 0 Å². The summed E-state index contributed by atoms with van der Waals surface area (Å²) in [5, 5.41) is 3.63. The summed E-state index contributed by atoms with van der Waals surface area (Å²) in [7, 11) is 0. The van der Waals surface area contributed by atoms with Crippen LogP contribution in [-0.2, 0) is 11.3 Å². The number of piperidine rings is 1. The number of thiophene rings is 1. The normalized spacial score (nSPS) is 20.4. The summed E-state index contributed by atoms with van der Waals surface area (Å²) in [5.41, 5.74) is 0. The van der Waals surface area contributed by atoms with Gasteiger partial charge in [0.25, 0.3) is 0 Å². The van der Waals surface area contributed by atoms with E-state index in [-0.39, 0.29) is 0 Å². The fraction of sp³-hybridized carbons (Fsp3) is 0.667. The van der Waals surface area contributed by atoms with E-state index in [0.29, 0.717) is 17.9 Å². The molecule has 0 radical (unpaired) electrons. The molecule has 0 spiro atoms. The van der Waals surface area contributed by atoms with Gasteiger partial charge in [-0.05, 0) is 54.6 Å². The minimum Gasteiger partial charge on any atom is -0.342 e. The van der Waals surface area contributed by atoms with Crippen LogP contribution in [0.15, 0.2) is 10.5 Å². The average molecular weight is 357 g/mol. The maximum atomic E-state index is 12.0. The Morgan fingerprint density at radius 1 is 1.40 bits per heavy atom. The van der Waals surface area contributed by atoms with E-state index in [2.05, 4.69) is 39.1 Å². The Kier molecular flexibility index (Phi) is 4.48. The average Bonchev–Trinajstić information content (AvgIpc) is 3.24. The molecule has 3 nitrogen and oxygen atoms in total. The summed E-state index contributed by atoms with van der Waals surface area (Å²) in [6, 6.07) is 2.76. The van der Waals surface area contributed by atoms with Crippen LogP contribution in [0, 0.1) is 12.8 Å². The maximum absolute atomic E-state index is 12.0. The van der Waals surface area contributed by atoms with Gasteiger partial charge in [-0.15, -0.1) is 11.3 Å². The highest BCUT2D eigenvalue weighted by molar-refractivity contribution is 9.10. The van der Waals surface area contributed by atoms with Gasteiger partial charge in [0.15, 0.2) is 0 Å². The quantitative estimate of drug-likeness (QED) is 0.897. The second-order valence-electron chi connectivity index (χ2n) is 5.87. The lowest BCUT2D eigenvalue weighted by molar-refractivity contribution is -0.133. The van der Waals surface area contributed by atoms with Gasteiger partial charge >= 0.3 is 0 Å². The number of hydrogen-bond acceptors (Lipinski definition) is 3. The molecule has 1 amide bonds. The molecule has 1 aromatic heterocycles. The number of nitrogens with one attached hydrogen (secondary N) is 1. The Morgan fingerprint density at radius 2 is 2.10 bits per heavy atom. The van der Waals surface area contributed by atoms with E-state index in [1.165, 1.54) is 14.2 Å². The van der Waals surface area contributed by atoms with Crippen molar-refractivity contribution < 1.29 is 4.79 Å². The molecule has 3 rings (SSSR count). The van der Waals surface area contributed by atoms with E-state index in [9.17, 15) is 4.79 Å². The molecular formula is C15H21BrN2OS. The molecule has 1 N–H and O–H groups in total. The lowest BCUT2D eigenvalue weighted by atomic mass is 10.0. The Balaban J connectivity index is 1.43. The molecule has 0 unspecified atom stereocenters. The van der Waals surface area contributed by atoms with E-state index in [4.69, 9.17) is 0 Å². The molecule has 2 fully saturated rings. The largest absolute Gasteiger partial charge is 0.342 e. The number of likely N-dealkylation sites (tertiary alicyclic amines) is 1. The van der Waals surface area contributed by atoms with Gasteiger partial charge in [-0.25, -0.2) is 0 Å². The lowest BCUT2D eigenvalue weighted by Crippen LogP contribution is -2.45. The molecular weight excluding hydrogens is 336 g/mol. The van der Waals surface area contributed by atoms with Crippen molar-refractivity contribution in [2.24, 2.45) is 5.92 Å². The number of carbonyl (C=O) groups is 1. The van der Waals surface area contributed by atoms with E-state index in [1.807, 2.05) is 11.3 Å². The standard InChI is InChI=1S/C15H21BrN2OS/c1-10-14(16)8-13(20-10)9-17-12-4-6-18(7-5-12)15(19)11-2-3-11/h8,11-12,17H,2-7,9H2,1H3. The van der Waals surface area contributed by atoms with Crippen molar-refractivity contribution >= 4 is 33.2 Å². The molecule has 2 heterocycles. The Bertz CT molecular complexity index is 471. The molecule has 110 valence electrons. The zero-order valence-electron chi connectivity index (χ0n) is 11.8. The number of hydrogen-bond donors (Lipinski definition) is 1. The second kappa shape index (κ2) is 6.16. The Hall–Kier alpha value is -0.390. The first-order valence-corrected chi connectivity index (χ1v) is 9.01. The maximum Gasteiger partial charge on any atom is 0.225 e. The van der Waals surface area contributed by atoms with Crippen LogP contribution in [0.1, 0.15) is 35.4 Å². The molecule has 1 aliphatic carbocycles. The third-order valence-corrected chi connectivity index (χ3v) is 6.34. The predicted molar refractivity (Wildman–Crippen MR) is 85.9 cm³/mol. The minimum atomic E-state index is 0.367. The molecule has 1 aliphatic heterocycles. The highest BCUT2D eigenvalue weighted by atomic mass is 79.9. The monoisotopic (exact) mass is 356 g/mol. The van der Waals surface area contributed by atoms with Crippen LogP contribution < -0.4 is 5.32 Å². The zero-order valence-corrected chi connectivity index (χ0v) is 14.2. The minimum absolute atomic E-state index is 0.367. The van der Waals surface area contributed by atoms with E-state index >= 15 is 0 Å².